The number of benzene rings is 1. The van der Waals surface area contributed by atoms with E-state index in [0.717, 1.165) is 17.8 Å². The van der Waals surface area contributed by atoms with Gasteiger partial charge < -0.3 is 5.73 Å². The molecule has 0 bridgehead atoms. The molecule has 0 saturated heterocycles. The lowest BCUT2D eigenvalue weighted by molar-refractivity contribution is -0.137. The van der Waals surface area contributed by atoms with E-state index in [0.29, 0.717) is 23.5 Å². The van der Waals surface area contributed by atoms with Crippen LogP contribution in [0.4, 0.5) is 13.2 Å². The maximum atomic E-state index is 12.4. The third-order valence-corrected chi connectivity index (χ3v) is 3.35. The summed E-state index contributed by atoms with van der Waals surface area (Å²) in [4.78, 5) is 4.32. The average Bonchev–Trinajstić information content (AvgIpc) is 2.77. The van der Waals surface area contributed by atoms with Crippen molar-refractivity contribution in [2.45, 2.75) is 12.6 Å². The molecule has 0 spiro atoms. The number of aromatic nitrogens is 1. The fourth-order valence-electron chi connectivity index (χ4n) is 1.50. The summed E-state index contributed by atoms with van der Waals surface area (Å²) in [7, 11) is 0. The molecule has 6 heteroatoms. The van der Waals surface area contributed by atoms with Gasteiger partial charge in [0.15, 0.2) is 0 Å². The molecular formula is C12H11F3N2S. The molecule has 2 nitrogen and oxygen atoms in total. The maximum Gasteiger partial charge on any atom is 0.416 e. The fraction of sp³-hybridized carbons (Fsp3) is 0.250. The van der Waals surface area contributed by atoms with Gasteiger partial charge in [-0.1, -0.05) is 12.1 Å². The van der Waals surface area contributed by atoms with E-state index in [1.165, 1.54) is 23.5 Å². The number of thiazole rings is 1. The Kier molecular flexibility index (Phi) is 3.68. The van der Waals surface area contributed by atoms with E-state index in [2.05, 4.69) is 4.98 Å². The molecule has 18 heavy (non-hydrogen) atoms. The van der Waals surface area contributed by atoms with Gasteiger partial charge >= 0.3 is 6.18 Å². The van der Waals surface area contributed by atoms with Crippen LogP contribution in [-0.2, 0) is 12.6 Å². The number of rotatable bonds is 3. The van der Waals surface area contributed by atoms with Gasteiger partial charge in [-0.3, -0.25) is 0 Å². The van der Waals surface area contributed by atoms with Crippen molar-refractivity contribution in [1.82, 2.24) is 4.98 Å². The zero-order valence-corrected chi connectivity index (χ0v) is 10.2. The standard InChI is InChI=1S/C12H11F3N2S/c13-12(14,15)9-3-1-8(2-4-9)11-17-10(5-6-16)7-18-11/h1-4,7H,5-6,16H2. The van der Waals surface area contributed by atoms with Crippen LogP contribution in [0.25, 0.3) is 10.6 Å². The van der Waals surface area contributed by atoms with Gasteiger partial charge in [0, 0.05) is 17.4 Å². The van der Waals surface area contributed by atoms with E-state index in [1.807, 2.05) is 5.38 Å². The van der Waals surface area contributed by atoms with Crippen LogP contribution in [0.5, 0.6) is 0 Å². The smallest absolute Gasteiger partial charge is 0.330 e. The predicted molar refractivity (Wildman–Crippen MR) is 65.3 cm³/mol. The molecule has 0 amide bonds. The molecular weight excluding hydrogens is 261 g/mol. The first-order valence-electron chi connectivity index (χ1n) is 5.33. The zero-order chi connectivity index (χ0) is 13.2. The zero-order valence-electron chi connectivity index (χ0n) is 9.37. The summed E-state index contributed by atoms with van der Waals surface area (Å²) in [6.07, 6.45) is -3.62. The molecule has 0 aliphatic carbocycles. The van der Waals surface area contributed by atoms with E-state index in [-0.39, 0.29) is 0 Å². The first-order chi connectivity index (χ1) is 8.50. The summed E-state index contributed by atoms with van der Waals surface area (Å²) >= 11 is 1.41. The van der Waals surface area contributed by atoms with Crippen molar-refractivity contribution >= 4 is 11.3 Å². The lowest BCUT2D eigenvalue weighted by Gasteiger charge is -2.06. The van der Waals surface area contributed by atoms with Crippen molar-refractivity contribution in [2.75, 3.05) is 6.54 Å². The van der Waals surface area contributed by atoms with Crippen LogP contribution in [0.2, 0.25) is 0 Å². The van der Waals surface area contributed by atoms with E-state index >= 15 is 0 Å². The number of nitrogens with two attached hydrogens (primary N) is 1. The molecule has 1 heterocycles. The van der Waals surface area contributed by atoms with Crippen LogP contribution in [0.15, 0.2) is 29.6 Å². The average molecular weight is 272 g/mol. The van der Waals surface area contributed by atoms with Crippen LogP contribution in [0.3, 0.4) is 0 Å². The number of alkyl halides is 3. The van der Waals surface area contributed by atoms with E-state index in [9.17, 15) is 13.2 Å². The van der Waals surface area contributed by atoms with Crippen LogP contribution < -0.4 is 5.73 Å². The number of halogens is 3. The van der Waals surface area contributed by atoms with Gasteiger partial charge in [0.25, 0.3) is 0 Å². The topological polar surface area (TPSA) is 38.9 Å². The number of nitrogens with zero attached hydrogens (tertiary/aromatic N) is 1. The lowest BCUT2D eigenvalue weighted by atomic mass is 10.1. The number of hydrogen-bond acceptors (Lipinski definition) is 3. The van der Waals surface area contributed by atoms with Crippen LogP contribution in [0, 0.1) is 0 Å². The molecule has 0 aliphatic rings. The first-order valence-corrected chi connectivity index (χ1v) is 6.21. The van der Waals surface area contributed by atoms with Gasteiger partial charge in [-0.2, -0.15) is 13.2 Å². The second-order valence-corrected chi connectivity index (χ2v) is 4.62. The summed E-state index contributed by atoms with van der Waals surface area (Å²) < 4.78 is 37.2. The van der Waals surface area contributed by atoms with Gasteiger partial charge in [0.2, 0.25) is 0 Å². The van der Waals surface area contributed by atoms with E-state index in [4.69, 9.17) is 5.73 Å². The van der Waals surface area contributed by atoms with Gasteiger partial charge in [-0.25, -0.2) is 4.98 Å². The Morgan fingerprint density at radius 1 is 1.17 bits per heavy atom. The summed E-state index contributed by atoms with van der Waals surface area (Å²) in [5.41, 5.74) is 6.33. The molecule has 0 atom stereocenters. The lowest BCUT2D eigenvalue weighted by Crippen LogP contribution is -2.04. The van der Waals surface area contributed by atoms with Gasteiger partial charge in [-0.05, 0) is 18.7 Å². The van der Waals surface area contributed by atoms with Crippen molar-refractivity contribution in [3.8, 4) is 10.6 Å². The van der Waals surface area contributed by atoms with Crippen molar-refractivity contribution in [2.24, 2.45) is 5.73 Å². The maximum absolute atomic E-state index is 12.4. The fourth-order valence-corrected chi connectivity index (χ4v) is 2.36. The predicted octanol–water partition coefficient (Wildman–Crippen LogP) is 3.33. The van der Waals surface area contributed by atoms with Crippen molar-refractivity contribution in [3.63, 3.8) is 0 Å². The molecule has 0 radical (unpaired) electrons. The van der Waals surface area contributed by atoms with Crippen LogP contribution in [-0.4, -0.2) is 11.5 Å². The Bertz CT molecular complexity index is 517. The quantitative estimate of drug-likeness (QED) is 0.930. The Morgan fingerprint density at radius 3 is 2.39 bits per heavy atom. The molecule has 2 N–H and O–H groups in total. The van der Waals surface area contributed by atoms with Crippen LogP contribution >= 0.6 is 11.3 Å². The molecule has 0 aliphatic heterocycles. The van der Waals surface area contributed by atoms with Crippen molar-refractivity contribution < 1.29 is 13.2 Å². The normalized spacial score (nSPS) is 11.8. The van der Waals surface area contributed by atoms with Crippen molar-refractivity contribution in [1.29, 1.82) is 0 Å². The minimum Gasteiger partial charge on any atom is -0.330 e. The van der Waals surface area contributed by atoms with Crippen molar-refractivity contribution in [3.05, 3.63) is 40.9 Å². The van der Waals surface area contributed by atoms with E-state index in [1.54, 1.807) is 0 Å². The number of hydrogen-bond donors (Lipinski definition) is 1. The second-order valence-electron chi connectivity index (χ2n) is 3.76. The monoisotopic (exact) mass is 272 g/mol. The molecule has 96 valence electrons. The Balaban J connectivity index is 2.23. The van der Waals surface area contributed by atoms with Crippen LogP contribution in [0.1, 0.15) is 11.3 Å². The minimum absolute atomic E-state index is 0.510. The van der Waals surface area contributed by atoms with Gasteiger partial charge in [0.1, 0.15) is 5.01 Å². The Morgan fingerprint density at radius 2 is 1.83 bits per heavy atom. The summed E-state index contributed by atoms with van der Waals surface area (Å²) in [6.45, 7) is 0.510. The highest BCUT2D eigenvalue weighted by Gasteiger charge is 2.30. The third-order valence-electron chi connectivity index (χ3n) is 2.41. The molecule has 2 rings (SSSR count). The van der Waals surface area contributed by atoms with Gasteiger partial charge in [-0.15, -0.1) is 11.3 Å². The van der Waals surface area contributed by atoms with E-state index < -0.39 is 11.7 Å². The molecule has 2 aromatic rings. The Labute approximate surface area is 106 Å². The largest absolute Gasteiger partial charge is 0.416 e. The highest BCUT2D eigenvalue weighted by atomic mass is 32.1. The highest BCUT2D eigenvalue weighted by Crippen LogP contribution is 2.31. The first kappa shape index (κ1) is 13.0. The highest BCUT2D eigenvalue weighted by molar-refractivity contribution is 7.13. The summed E-state index contributed by atoms with van der Waals surface area (Å²) in [6, 6.07) is 5.01. The molecule has 1 aromatic carbocycles. The summed E-state index contributed by atoms with van der Waals surface area (Å²) in [5.74, 6) is 0. The van der Waals surface area contributed by atoms with Gasteiger partial charge in [0.05, 0.1) is 11.3 Å². The SMILES string of the molecule is NCCc1csc(-c2ccc(C(F)(F)F)cc2)n1. The molecule has 1 aromatic heterocycles. The molecule has 0 unspecified atom stereocenters. The molecule has 0 fully saturated rings. The summed E-state index contributed by atoms with van der Waals surface area (Å²) in [5, 5.41) is 2.59. The second kappa shape index (κ2) is 5.07. The Hall–Kier alpha value is -1.40. The minimum atomic E-state index is -4.30. The molecule has 0 saturated carbocycles. The third kappa shape index (κ3) is 2.88.